The highest BCUT2D eigenvalue weighted by molar-refractivity contribution is 5.92. The molecule has 2 saturated heterocycles. The second-order valence-electron chi connectivity index (χ2n) is 13.0. The van der Waals surface area contributed by atoms with Gasteiger partial charge in [0.2, 0.25) is 11.8 Å². The number of carbonyl (C=O) groups excluding carboxylic acids is 2. The molecule has 5 heterocycles. The molecule has 6 rings (SSSR count). The van der Waals surface area contributed by atoms with E-state index in [1.54, 1.807) is 12.3 Å². The van der Waals surface area contributed by atoms with Gasteiger partial charge in [-0.1, -0.05) is 0 Å². The molecule has 1 aliphatic carbocycles. The zero-order chi connectivity index (χ0) is 34.2. The topological polar surface area (TPSA) is 132 Å². The van der Waals surface area contributed by atoms with E-state index in [9.17, 15) is 31.5 Å². The first-order valence-corrected chi connectivity index (χ1v) is 16.5. The Bertz CT molecular complexity index is 1610. The molecule has 3 aromatic rings. The number of carbonyl (C=O) groups is 2. The zero-order valence-electron chi connectivity index (χ0n) is 26.8. The number of hydrogen-bond acceptors (Lipinski definition) is 8. The van der Waals surface area contributed by atoms with E-state index in [0.717, 1.165) is 0 Å². The fraction of sp³-hybridized carbons (Fsp3) is 0.677. The number of hydrogen-bond donors (Lipinski definition) is 2. The van der Waals surface area contributed by atoms with Gasteiger partial charge in [0.1, 0.15) is 5.69 Å². The molecule has 12 nitrogen and oxygen atoms in total. The summed E-state index contributed by atoms with van der Waals surface area (Å²) < 4.78 is 77.7. The van der Waals surface area contributed by atoms with Gasteiger partial charge in [-0.2, -0.15) is 23.4 Å². The molecule has 3 aromatic heterocycles. The van der Waals surface area contributed by atoms with Crippen LogP contribution in [0.25, 0.3) is 5.78 Å². The molecule has 3 aliphatic rings. The fourth-order valence-electron chi connectivity index (χ4n) is 7.03. The second kappa shape index (κ2) is 13.6. The van der Waals surface area contributed by atoms with E-state index in [-0.39, 0.29) is 56.3 Å². The summed E-state index contributed by atoms with van der Waals surface area (Å²) >= 11 is 0. The van der Waals surface area contributed by atoms with Crippen molar-refractivity contribution in [1.29, 1.82) is 0 Å². The molecule has 262 valence electrons. The van der Waals surface area contributed by atoms with E-state index in [0.29, 0.717) is 55.6 Å². The molecule has 3 fully saturated rings. The van der Waals surface area contributed by atoms with E-state index in [2.05, 4.69) is 20.6 Å². The monoisotopic (exact) mass is 681 g/mol. The van der Waals surface area contributed by atoms with Crippen molar-refractivity contribution in [3.63, 3.8) is 0 Å². The first-order chi connectivity index (χ1) is 22.8. The summed E-state index contributed by atoms with van der Waals surface area (Å²) in [5.41, 5.74) is 1.53. The SMILES string of the molecule is CCn1nccc1C(=O)N[C@H](c1cn2nc(C[C@H]3C[C@@H](C(F)(F)F)CNC3=O)c([C@@H](C)N3CCOCC3)nc2n1)C1CCC(F)(F)CC1. The molecular formula is C31H40F5N9O3. The Kier molecular flexibility index (Phi) is 9.71. The lowest BCUT2D eigenvalue weighted by Gasteiger charge is -2.33. The molecule has 0 radical (unpaired) electrons. The van der Waals surface area contributed by atoms with Gasteiger partial charge in [-0.05, 0) is 45.1 Å². The maximum absolute atomic E-state index is 14.2. The smallest absolute Gasteiger partial charge is 0.379 e. The summed E-state index contributed by atoms with van der Waals surface area (Å²) in [6, 6.07) is 0.503. The molecule has 0 spiro atoms. The van der Waals surface area contributed by atoms with Gasteiger partial charge in [-0.15, -0.1) is 0 Å². The first-order valence-electron chi connectivity index (χ1n) is 16.5. The van der Waals surface area contributed by atoms with Crippen LogP contribution in [0, 0.1) is 17.8 Å². The van der Waals surface area contributed by atoms with Gasteiger partial charge < -0.3 is 15.4 Å². The van der Waals surface area contributed by atoms with Gasteiger partial charge in [0.15, 0.2) is 0 Å². The highest BCUT2D eigenvalue weighted by Gasteiger charge is 2.45. The molecule has 2 N–H and O–H groups in total. The number of rotatable bonds is 9. The van der Waals surface area contributed by atoms with Crippen LogP contribution in [0.4, 0.5) is 22.0 Å². The lowest BCUT2D eigenvalue weighted by Crippen LogP contribution is -2.47. The van der Waals surface area contributed by atoms with Crippen molar-refractivity contribution in [2.24, 2.45) is 17.8 Å². The normalized spacial score (nSPS) is 23.9. The third-order valence-corrected chi connectivity index (χ3v) is 9.87. The van der Waals surface area contributed by atoms with Crippen molar-refractivity contribution in [2.75, 3.05) is 32.8 Å². The molecule has 2 aliphatic heterocycles. The number of nitrogens with zero attached hydrogens (tertiary/aromatic N) is 7. The lowest BCUT2D eigenvalue weighted by atomic mass is 9.81. The quantitative estimate of drug-likeness (QED) is 0.326. The second-order valence-corrected chi connectivity index (χ2v) is 13.0. The van der Waals surface area contributed by atoms with Gasteiger partial charge in [-0.3, -0.25) is 19.2 Å². The molecule has 0 unspecified atom stereocenters. The van der Waals surface area contributed by atoms with Crippen LogP contribution in [0.2, 0.25) is 0 Å². The number of fused-ring (bicyclic) bond motifs is 1. The minimum Gasteiger partial charge on any atom is -0.379 e. The van der Waals surface area contributed by atoms with Crippen molar-refractivity contribution in [2.45, 2.75) is 83.1 Å². The van der Waals surface area contributed by atoms with Crippen LogP contribution in [-0.2, 0) is 22.5 Å². The summed E-state index contributed by atoms with van der Waals surface area (Å²) in [5.74, 6) is -6.51. The van der Waals surface area contributed by atoms with Crippen molar-refractivity contribution in [1.82, 2.24) is 44.9 Å². The predicted octanol–water partition coefficient (Wildman–Crippen LogP) is 3.89. The summed E-state index contributed by atoms with van der Waals surface area (Å²) in [6.07, 6.45) is -2.16. The van der Waals surface area contributed by atoms with Crippen LogP contribution in [0.1, 0.15) is 85.6 Å². The summed E-state index contributed by atoms with van der Waals surface area (Å²) in [7, 11) is 0. The van der Waals surface area contributed by atoms with Crippen LogP contribution >= 0.6 is 0 Å². The predicted molar refractivity (Wildman–Crippen MR) is 161 cm³/mol. The third kappa shape index (κ3) is 7.31. The Morgan fingerprint density at radius 2 is 1.92 bits per heavy atom. The largest absolute Gasteiger partial charge is 0.393 e. The van der Waals surface area contributed by atoms with E-state index < -0.39 is 48.3 Å². The van der Waals surface area contributed by atoms with Crippen molar-refractivity contribution in [3.8, 4) is 0 Å². The van der Waals surface area contributed by atoms with Crippen LogP contribution in [-0.4, -0.2) is 91.0 Å². The summed E-state index contributed by atoms with van der Waals surface area (Å²) in [6.45, 7) is 5.94. The molecule has 0 aromatic carbocycles. The van der Waals surface area contributed by atoms with E-state index >= 15 is 0 Å². The molecule has 0 bridgehead atoms. The number of piperidine rings is 1. The van der Waals surface area contributed by atoms with Crippen LogP contribution in [0.3, 0.4) is 0 Å². The number of nitrogens with one attached hydrogen (secondary N) is 2. The minimum absolute atomic E-state index is 0.0717. The van der Waals surface area contributed by atoms with E-state index in [1.165, 1.54) is 15.4 Å². The maximum Gasteiger partial charge on any atom is 0.393 e. The maximum atomic E-state index is 14.2. The number of imidazole rings is 1. The Morgan fingerprint density at radius 3 is 2.60 bits per heavy atom. The molecule has 1 saturated carbocycles. The number of morpholine rings is 1. The van der Waals surface area contributed by atoms with Gasteiger partial charge >= 0.3 is 6.18 Å². The van der Waals surface area contributed by atoms with Crippen LogP contribution in [0.15, 0.2) is 18.5 Å². The Morgan fingerprint density at radius 1 is 1.19 bits per heavy atom. The van der Waals surface area contributed by atoms with Gasteiger partial charge in [0.25, 0.3) is 11.7 Å². The molecule has 4 atom stereocenters. The Labute approximate surface area is 273 Å². The van der Waals surface area contributed by atoms with Crippen molar-refractivity contribution < 1.29 is 36.3 Å². The lowest BCUT2D eigenvalue weighted by molar-refractivity contribution is -0.183. The average molecular weight is 682 g/mol. The Hall–Kier alpha value is -3.73. The number of halogens is 5. The van der Waals surface area contributed by atoms with Gasteiger partial charge in [-0.25, -0.2) is 23.3 Å². The third-order valence-electron chi connectivity index (χ3n) is 9.87. The first kappa shape index (κ1) is 34.1. The Balaban J connectivity index is 1.37. The van der Waals surface area contributed by atoms with Gasteiger partial charge in [0, 0.05) is 57.6 Å². The minimum atomic E-state index is -4.46. The van der Waals surface area contributed by atoms with Gasteiger partial charge in [0.05, 0.1) is 54.5 Å². The summed E-state index contributed by atoms with van der Waals surface area (Å²) in [4.78, 5) is 38.0. The number of ether oxygens (including phenoxy) is 1. The molecule has 17 heteroatoms. The molecule has 2 amide bonds. The highest BCUT2D eigenvalue weighted by Crippen LogP contribution is 2.41. The zero-order valence-corrected chi connectivity index (χ0v) is 26.8. The number of aromatic nitrogens is 6. The number of amides is 2. The fourth-order valence-corrected chi connectivity index (χ4v) is 7.03. The molecular weight excluding hydrogens is 641 g/mol. The number of alkyl halides is 5. The summed E-state index contributed by atoms with van der Waals surface area (Å²) in [5, 5.41) is 14.3. The van der Waals surface area contributed by atoms with Crippen LogP contribution in [0.5, 0.6) is 0 Å². The highest BCUT2D eigenvalue weighted by atomic mass is 19.4. The van der Waals surface area contributed by atoms with Crippen LogP contribution < -0.4 is 10.6 Å². The van der Waals surface area contributed by atoms with Crippen molar-refractivity contribution >= 4 is 17.6 Å². The number of aryl methyl sites for hydroxylation is 1. The van der Waals surface area contributed by atoms with E-state index in [4.69, 9.17) is 19.8 Å². The average Bonchev–Trinajstić information content (AvgIpc) is 3.71. The van der Waals surface area contributed by atoms with E-state index in [1.807, 2.05) is 13.8 Å². The standard InChI is InChI=1S/C31H40F5N9O3/c1-3-44-24(6-9-38-44)28(47)40-26(19-4-7-30(32,33)8-5-19)23-17-45-29(39-23)41-25(18(2)43-10-12-48-13-11-43)22(42-45)15-20-14-21(31(34,35)36)16-37-27(20)46/h6,9,17-21,26H,3-5,7-8,10-16H2,1-2H3,(H,37,46)(H,40,47)/t18-,20-,21-,26+/m1/s1. The molecule has 48 heavy (non-hydrogen) atoms. The van der Waals surface area contributed by atoms with Crippen molar-refractivity contribution in [3.05, 3.63) is 41.2 Å².